The molecule has 0 aromatic heterocycles. The lowest BCUT2D eigenvalue weighted by Gasteiger charge is -2.32. The Morgan fingerprint density at radius 3 is 2.13 bits per heavy atom. The van der Waals surface area contributed by atoms with Crippen LogP contribution in [0.4, 0.5) is 0 Å². The van der Waals surface area contributed by atoms with Gasteiger partial charge in [0, 0.05) is 15.5 Å². The van der Waals surface area contributed by atoms with Gasteiger partial charge in [0.25, 0.3) is 0 Å². The average molecular weight is 439 g/mol. The predicted molar refractivity (Wildman–Crippen MR) is 97.5 cm³/mol. The molecule has 1 atom stereocenters. The molecule has 2 aromatic carbocycles. The highest BCUT2D eigenvalue weighted by atomic mass is 79.9. The molecule has 1 unspecified atom stereocenters. The lowest BCUT2D eigenvalue weighted by atomic mass is 9.96. The maximum Gasteiger partial charge on any atom is 0.320 e. The molecule has 0 saturated carbocycles. The van der Waals surface area contributed by atoms with E-state index in [2.05, 4.69) is 61.0 Å². The van der Waals surface area contributed by atoms with Crippen molar-refractivity contribution < 1.29 is 9.90 Å². The van der Waals surface area contributed by atoms with Gasteiger partial charge in [-0.2, -0.15) is 0 Å². The van der Waals surface area contributed by atoms with Crippen LogP contribution in [-0.4, -0.2) is 28.6 Å². The van der Waals surface area contributed by atoms with Gasteiger partial charge in [0.1, 0.15) is 6.04 Å². The fourth-order valence-electron chi connectivity index (χ4n) is 3.29. The number of likely N-dealkylation sites (tertiary alicyclic amines) is 1. The number of carbonyl (C=O) groups is 1. The molecule has 0 spiro atoms. The molecule has 2 aromatic rings. The average Bonchev–Trinajstić information content (AvgIpc) is 2.97. The molecule has 3 rings (SSSR count). The van der Waals surface area contributed by atoms with E-state index in [0.29, 0.717) is 6.42 Å². The van der Waals surface area contributed by atoms with E-state index in [0.717, 1.165) is 33.0 Å². The lowest BCUT2D eigenvalue weighted by Crippen LogP contribution is -2.39. The first-order valence-electron chi connectivity index (χ1n) is 7.56. The van der Waals surface area contributed by atoms with Crippen molar-refractivity contribution in [2.45, 2.75) is 24.9 Å². The third kappa shape index (κ3) is 3.67. The van der Waals surface area contributed by atoms with Gasteiger partial charge in [-0.3, -0.25) is 9.69 Å². The van der Waals surface area contributed by atoms with Crippen LogP contribution in [-0.2, 0) is 4.79 Å². The van der Waals surface area contributed by atoms with Crippen molar-refractivity contribution in [2.75, 3.05) is 6.54 Å². The molecule has 0 aliphatic carbocycles. The van der Waals surface area contributed by atoms with Gasteiger partial charge in [-0.15, -0.1) is 0 Å². The number of hydrogen-bond donors (Lipinski definition) is 1. The Hall–Kier alpha value is -1.17. The number of aliphatic carboxylic acids is 1. The summed E-state index contributed by atoms with van der Waals surface area (Å²) in [4.78, 5) is 13.8. The third-order valence-electron chi connectivity index (χ3n) is 4.24. The van der Waals surface area contributed by atoms with Gasteiger partial charge in [-0.1, -0.05) is 56.1 Å². The summed E-state index contributed by atoms with van der Waals surface area (Å²) in [6.07, 6.45) is 1.61. The van der Waals surface area contributed by atoms with Crippen LogP contribution in [0.2, 0.25) is 0 Å². The van der Waals surface area contributed by atoms with E-state index in [-0.39, 0.29) is 6.04 Å². The molecular weight excluding hydrogens is 422 g/mol. The number of benzene rings is 2. The summed E-state index contributed by atoms with van der Waals surface area (Å²) in [5.41, 5.74) is 2.20. The Balaban J connectivity index is 2.08. The SMILES string of the molecule is O=C(O)C1CCCN1C(c1cccc(Br)c1)c1cccc(Br)c1. The Morgan fingerprint density at radius 1 is 1.09 bits per heavy atom. The normalized spacial score (nSPS) is 18.5. The second kappa shape index (κ2) is 7.16. The molecule has 1 heterocycles. The van der Waals surface area contributed by atoms with Crippen LogP contribution in [0.15, 0.2) is 57.5 Å². The van der Waals surface area contributed by atoms with Crippen LogP contribution >= 0.6 is 31.9 Å². The summed E-state index contributed by atoms with van der Waals surface area (Å²) >= 11 is 7.05. The van der Waals surface area contributed by atoms with Crippen molar-refractivity contribution in [3.05, 3.63) is 68.6 Å². The van der Waals surface area contributed by atoms with E-state index >= 15 is 0 Å². The quantitative estimate of drug-likeness (QED) is 0.741. The summed E-state index contributed by atoms with van der Waals surface area (Å²) in [5.74, 6) is -0.738. The van der Waals surface area contributed by atoms with Crippen LogP contribution in [0.3, 0.4) is 0 Å². The number of nitrogens with zero attached hydrogens (tertiary/aromatic N) is 1. The standard InChI is InChI=1S/C18H17Br2NO2/c19-14-6-1-4-12(10-14)17(13-5-2-7-15(20)11-13)21-9-3-8-16(21)18(22)23/h1-2,4-7,10-11,16-17H,3,8-9H2,(H,22,23). The largest absolute Gasteiger partial charge is 0.480 e. The van der Waals surface area contributed by atoms with Crippen LogP contribution in [0.25, 0.3) is 0 Å². The van der Waals surface area contributed by atoms with Crippen molar-refractivity contribution in [3.63, 3.8) is 0 Å². The molecular formula is C18H17Br2NO2. The van der Waals surface area contributed by atoms with E-state index in [1.54, 1.807) is 0 Å². The Kier molecular flexibility index (Phi) is 5.19. The fourth-order valence-corrected chi connectivity index (χ4v) is 4.13. The maximum absolute atomic E-state index is 11.7. The van der Waals surface area contributed by atoms with E-state index in [4.69, 9.17) is 0 Å². The van der Waals surface area contributed by atoms with Gasteiger partial charge in [-0.25, -0.2) is 0 Å². The first-order chi connectivity index (χ1) is 11.1. The number of hydrogen-bond acceptors (Lipinski definition) is 2. The van der Waals surface area contributed by atoms with Crippen LogP contribution in [0.1, 0.15) is 30.0 Å². The molecule has 0 amide bonds. The van der Waals surface area contributed by atoms with Crippen LogP contribution in [0.5, 0.6) is 0 Å². The zero-order chi connectivity index (χ0) is 16.4. The zero-order valence-corrected chi connectivity index (χ0v) is 15.6. The summed E-state index contributed by atoms with van der Waals surface area (Å²) in [7, 11) is 0. The first-order valence-corrected chi connectivity index (χ1v) is 9.14. The monoisotopic (exact) mass is 437 g/mol. The lowest BCUT2D eigenvalue weighted by molar-refractivity contribution is -0.142. The number of carboxylic acids is 1. The highest BCUT2D eigenvalue weighted by molar-refractivity contribution is 9.10. The van der Waals surface area contributed by atoms with Gasteiger partial charge in [0.2, 0.25) is 0 Å². The second-order valence-electron chi connectivity index (χ2n) is 5.75. The Morgan fingerprint density at radius 2 is 1.65 bits per heavy atom. The van der Waals surface area contributed by atoms with Crippen molar-refractivity contribution in [1.82, 2.24) is 4.90 Å². The van der Waals surface area contributed by atoms with Gasteiger partial charge in [0.05, 0.1) is 6.04 Å². The zero-order valence-electron chi connectivity index (χ0n) is 12.5. The molecule has 120 valence electrons. The van der Waals surface area contributed by atoms with Crippen LogP contribution in [0, 0.1) is 0 Å². The van der Waals surface area contributed by atoms with Crippen molar-refractivity contribution in [3.8, 4) is 0 Å². The molecule has 1 aliphatic rings. The first kappa shape index (κ1) is 16.7. The minimum absolute atomic E-state index is 0.0615. The highest BCUT2D eigenvalue weighted by Gasteiger charge is 2.36. The summed E-state index contributed by atoms with van der Waals surface area (Å²) < 4.78 is 2.00. The van der Waals surface area contributed by atoms with E-state index in [1.807, 2.05) is 24.3 Å². The number of carboxylic acid groups (broad SMARTS) is 1. The van der Waals surface area contributed by atoms with Gasteiger partial charge >= 0.3 is 5.97 Å². The molecule has 5 heteroatoms. The maximum atomic E-state index is 11.7. The molecule has 1 N–H and O–H groups in total. The Labute approximate surface area is 152 Å². The minimum atomic E-state index is -0.738. The third-order valence-corrected chi connectivity index (χ3v) is 5.23. The molecule has 1 saturated heterocycles. The van der Waals surface area contributed by atoms with Crippen molar-refractivity contribution in [1.29, 1.82) is 0 Å². The fraction of sp³-hybridized carbons (Fsp3) is 0.278. The topological polar surface area (TPSA) is 40.5 Å². The van der Waals surface area contributed by atoms with E-state index in [9.17, 15) is 9.90 Å². The van der Waals surface area contributed by atoms with Gasteiger partial charge in [0.15, 0.2) is 0 Å². The van der Waals surface area contributed by atoms with Crippen molar-refractivity contribution in [2.24, 2.45) is 0 Å². The second-order valence-corrected chi connectivity index (χ2v) is 7.58. The van der Waals surface area contributed by atoms with Gasteiger partial charge < -0.3 is 5.11 Å². The molecule has 1 aliphatic heterocycles. The summed E-state index contributed by atoms with van der Waals surface area (Å²) in [6, 6.07) is 15.7. The number of rotatable bonds is 4. The molecule has 0 bridgehead atoms. The molecule has 1 fully saturated rings. The molecule has 23 heavy (non-hydrogen) atoms. The minimum Gasteiger partial charge on any atom is -0.480 e. The van der Waals surface area contributed by atoms with Crippen molar-refractivity contribution >= 4 is 37.8 Å². The molecule has 0 radical (unpaired) electrons. The van der Waals surface area contributed by atoms with Gasteiger partial charge in [-0.05, 0) is 48.2 Å². The van der Waals surface area contributed by atoms with E-state index in [1.165, 1.54) is 0 Å². The smallest absolute Gasteiger partial charge is 0.320 e. The van der Waals surface area contributed by atoms with Crippen LogP contribution < -0.4 is 0 Å². The summed E-state index contributed by atoms with van der Waals surface area (Å²) in [6.45, 7) is 0.792. The number of halogens is 2. The summed E-state index contributed by atoms with van der Waals surface area (Å²) in [5, 5.41) is 9.58. The Bertz CT molecular complexity index is 674. The molecule has 3 nitrogen and oxygen atoms in total. The highest BCUT2D eigenvalue weighted by Crippen LogP contribution is 2.36. The predicted octanol–water partition coefficient (Wildman–Crippen LogP) is 4.85. The van der Waals surface area contributed by atoms with E-state index < -0.39 is 12.0 Å².